The first-order valence-electron chi connectivity index (χ1n) is 12.5. The van der Waals surface area contributed by atoms with E-state index in [1.165, 1.54) is 0 Å². The van der Waals surface area contributed by atoms with Crippen LogP contribution in [0.25, 0.3) is 0 Å². The Bertz CT molecular complexity index is 1210. The fourth-order valence-electron chi connectivity index (χ4n) is 5.29. The Labute approximate surface area is 211 Å². The summed E-state index contributed by atoms with van der Waals surface area (Å²) in [6.07, 6.45) is 0.298. The molecule has 8 nitrogen and oxygen atoms in total. The van der Waals surface area contributed by atoms with E-state index in [1.54, 1.807) is 15.9 Å². The molecule has 1 spiro atoms. The van der Waals surface area contributed by atoms with Crippen LogP contribution in [0.4, 0.5) is 10.5 Å². The van der Waals surface area contributed by atoms with Crippen molar-refractivity contribution in [3.8, 4) is 0 Å². The van der Waals surface area contributed by atoms with Crippen LogP contribution in [0.15, 0.2) is 42.5 Å². The largest absolute Gasteiger partial charge is 0.449 e. The second-order valence-electron chi connectivity index (χ2n) is 10.9. The number of carbonyl (C=O) groups is 3. The van der Waals surface area contributed by atoms with E-state index in [-0.39, 0.29) is 18.0 Å². The van der Waals surface area contributed by atoms with Crippen molar-refractivity contribution in [3.63, 3.8) is 0 Å². The number of anilines is 1. The Morgan fingerprint density at radius 2 is 1.69 bits per heavy atom. The SMILES string of the molecule is Cc1ccc(N2CCN(C(=O)OC(C)(C)C)CC2)cc1C(=O)N1CC[C@@]2(C1)OC(=O)c1ccccc12. The van der Waals surface area contributed by atoms with Crippen LogP contribution in [0, 0.1) is 6.92 Å². The summed E-state index contributed by atoms with van der Waals surface area (Å²) in [6.45, 7) is 10.9. The van der Waals surface area contributed by atoms with Crippen molar-refractivity contribution >= 4 is 23.7 Å². The molecule has 2 amide bonds. The first kappa shape index (κ1) is 24.2. The van der Waals surface area contributed by atoms with Gasteiger partial charge in [0.1, 0.15) is 5.60 Å². The summed E-state index contributed by atoms with van der Waals surface area (Å²) in [5, 5.41) is 0. The van der Waals surface area contributed by atoms with Gasteiger partial charge in [-0.3, -0.25) is 4.79 Å². The monoisotopic (exact) mass is 491 g/mol. The standard InChI is InChI=1S/C28H33N3O5/c1-19-9-10-20(29-13-15-30(16-14-29)26(34)36-27(2,3)4)17-22(19)24(32)31-12-11-28(18-31)23-8-6-5-7-21(23)25(33)35-28/h5-10,17H,11-16,18H2,1-4H3/t28-/m0/s1. The molecule has 3 aliphatic rings. The van der Waals surface area contributed by atoms with Gasteiger partial charge in [0.05, 0.1) is 12.1 Å². The molecule has 36 heavy (non-hydrogen) atoms. The van der Waals surface area contributed by atoms with Crippen LogP contribution >= 0.6 is 0 Å². The smallest absolute Gasteiger partial charge is 0.410 e. The number of likely N-dealkylation sites (tertiary alicyclic amines) is 1. The lowest BCUT2D eigenvalue weighted by Gasteiger charge is -2.37. The fourth-order valence-corrected chi connectivity index (χ4v) is 5.29. The quantitative estimate of drug-likeness (QED) is 0.592. The predicted molar refractivity (Wildman–Crippen MR) is 135 cm³/mol. The highest BCUT2D eigenvalue weighted by atomic mass is 16.6. The highest BCUT2D eigenvalue weighted by Gasteiger charge is 2.51. The van der Waals surface area contributed by atoms with E-state index < -0.39 is 11.2 Å². The van der Waals surface area contributed by atoms with E-state index in [0.717, 1.165) is 16.8 Å². The number of fused-ring (bicyclic) bond motifs is 2. The molecule has 0 bridgehead atoms. The van der Waals surface area contributed by atoms with Gasteiger partial charge in [0.25, 0.3) is 5.91 Å². The lowest BCUT2D eigenvalue weighted by atomic mass is 9.91. The Kier molecular flexibility index (Phi) is 5.93. The number of hydrogen-bond acceptors (Lipinski definition) is 6. The van der Waals surface area contributed by atoms with Gasteiger partial charge in [-0.25, -0.2) is 9.59 Å². The number of amides is 2. The van der Waals surface area contributed by atoms with Gasteiger partial charge < -0.3 is 24.2 Å². The van der Waals surface area contributed by atoms with Gasteiger partial charge in [0.2, 0.25) is 0 Å². The summed E-state index contributed by atoms with van der Waals surface area (Å²) in [6, 6.07) is 13.4. The van der Waals surface area contributed by atoms with Gasteiger partial charge in [-0.1, -0.05) is 24.3 Å². The average Bonchev–Trinajstić information content (AvgIpc) is 3.39. The molecule has 3 heterocycles. The third-order valence-electron chi connectivity index (χ3n) is 7.19. The molecule has 2 aromatic carbocycles. The van der Waals surface area contributed by atoms with Gasteiger partial charge in [0.15, 0.2) is 5.60 Å². The summed E-state index contributed by atoms with van der Waals surface area (Å²) in [5.74, 6) is -0.373. The highest BCUT2D eigenvalue weighted by Crippen LogP contribution is 2.43. The van der Waals surface area contributed by atoms with E-state index in [9.17, 15) is 14.4 Å². The molecule has 0 unspecified atom stereocenters. The predicted octanol–water partition coefficient (Wildman–Crippen LogP) is 3.96. The summed E-state index contributed by atoms with van der Waals surface area (Å²) >= 11 is 0. The lowest BCUT2D eigenvalue weighted by molar-refractivity contribution is -0.00309. The number of piperazine rings is 1. The first-order valence-corrected chi connectivity index (χ1v) is 12.5. The number of carbonyl (C=O) groups excluding carboxylic acids is 3. The molecule has 0 aliphatic carbocycles. The van der Waals surface area contributed by atoms with Crippen molar-refractivity contribution in [3.05, 3.63) is 64.7 Å². The first-order chi connectivity index (χ1) is 17.1. The maximum absolute atomic E-state index is 13.6. The van der Waals surface area contributed by atoms with Crippen LogP contribution in [0.2, 0.25) is 0 Å². The van der Waals surface area contributed by atoms with Gasteiger partial charge >= 0.3 is 12.1 Å². The van der Waals surface area contributed by atoms with Crippen molar-refractivity contribution < 1.29 is 23.9 Å². The van der Waals surface area contributed by atoms with Crippen LogP contribution in [0.5, 0.6) is 0 Å². The molecule has 0 N–H and O–H groups in total. The Balaban J connectivity index is 1.28. The van der Waals surface area contributed by atoms with E-state index in [1.807, 2.05) is 64.1 Å². The molecule has 3 aliphatic heterocycles. The molecule has 0 radical (unpaired) electrons. The third kappa shape index (κ3) is 4.40. The zero-order valence-corrected chi connectivity index (χ0v) is 21.4. The number of esters is 1. The summed E-state index contributed by atoms with van der Waals surface area (Å²) in [5.41, 5.74) is 2.70. The number of nitrogens with zero attached hydrogens (tertiary/aromatic N) is 3. The summed E-state index contributed by atoms with van der Waals surface area (Å²) < 4.78 is 11.3. The van der Waals surface area contributed by atoms with Gasteiger partial charge in [-0.05, 0) is 51.5 Å². The minimum atomic E-state index is -0.757. The maximum atomic E-state index is 13.6. The Hall–Kier alpha value is -3.55. The van der Waals surface area contributed by atoms with Gasteiger partial charge in [-0.15, -0.1) is 0 Å². The number of benzene rings is 2. The Morgan fingerprint density at radius 3 is 2.42 bits per heavy atom. The van der Waals surface area contributed by atoms with E-state index in [0.29, 0.717) is 56.8 Å². The minimum Gasteiger partial charge on any atom is -0.449 e. The molecule has 8 heteroatoms. The fraction of sp³-hybridized carbons (Fsp3) is 0.464. The van der Waals surface area contributed by atoms with Crippen molar-refractivity contribution in [1.82, 2.24) is 9.80 Å². The van der Waals surface area contributed by atoms with Crippen LogP contribution in [0.1, 0.15) is 59.0 Å². The van der Waals surface area contributed by atoms with E-state index in [4.69, 9.17) is 9.47 Å². The van der Waals surface area contributed by atoms with E-state index >= 15 is 0 Å². The van der Waals surface area contributed by atoms with Crippen molar-refractivity contribution in [2.45, 2.75) is 45.3 Å². The van der Waals surface area contributed by atoms with Crippen LogP contribution < -0.4 is 4.90 Å². The molecule has 2 fully saturated rings. The molecule has 5 rings (SSSR count). The third-order valence-corrected chi connectivity index (χ3v) is 7.19. The zero-order valence-electron chi connectivity index (χ0n) is 21.4. The molecule has 2 aromatic rings. The van der Waals surface area contributed by atoms with Crippen molar-refractivity contribution in [1.29, 1.82) is 0 Å². The second-order valence-corrected chi connectivity index (χ2v) is 10.9. The van der Waals surface area contributed by atoms with Crippen LogP contribution in [0.3, 0.4) is 0 Å². The Morgan fingerprint density at radius 1 is 0.972 bits per heavy atom. The maximum Gasteiger partial charge on any atom is 0.410 e. The number of hydrogen-bond donors (Lipinski definition) is 0. The molecule has 190 valence electrons. The van der Waals surface area contributed by atoms with Gasteiger partial charge in [-0.2, -0.15) is 0 Å². The summed E-state index contributed by atoms with van der Waals surface area (Å²) in [7, 11) is 0. The topological polar surface area (TPSA) is 79.4 Å². The van der Waals surface area contributed by atoms with Crippen LogP contribution in [-0.2, 0) is 15.1 Å². The molecular weight excluding hydrogens is 458 g/mol. The molecule has 0 aromatic heterocycles. The van der Waals surface area contributed by atoms with Crippen molar-refractivity contribution in [2.75, 3.05) is 44.2 Å². The zero-order chi connectivity index (χ0) is 25.7. The molecule has 0 saturated carbocycles. The molecular formula is C28H33N3O5. The molecule has 1 atom stereocenters. The number of ether oxygens (including phenoxy) is 2. The number of aryl methyl sites for hydroxylation is 1. The average molecular weight is 492 g/mol. The number of rotatable bonds is 2. The highest BCUT2D eigenvalue weighted by molar-refractivity contribution is 5.98. The van der Waals surface area contributed by atoms with Crippen LogP contribution in [-0.4, -0.2) is 72.6 Å². The minimum absolute atomic E-state index is 0.0564. The lowest BCUT2D eigenvalue weighted by Crippen LogP contribution is -2.50. The van der Waals surface area contributed by atoms with Crippen molar-refractivity contribution in [2.24, 2.45) is 0 Å². The van der Waals surface area contributed by atoms with E-state index in [2.05, 4.69) is 4.90 Å². The molecule has 2 saturated heterocycles. The van der Waals surface area contributed by atoms with Gasteiger partial charge in [0, 0.05) is 56.0 Å². The normalized spacial score (nSPS) is 21.6. The second kappa shape index (κ2) is 8.84. The summed E-state index contributed by atoms with van der Waals surface area (Å²) in [4.78, 5) is 44.1.